The van der Waals surface area contributed by atoms with Crippen molar-refractivity contribution in [1.29, 1.82) is 0 Å². The molecule has 0 saturated carbocycles. The summed E-state index contributed by atoms with van der Waals surface area (Å²) in [5.74, 6) is 0.334. The summed E-state index contributed by atoms with van der Waals surface area (Å²) in [4.78, 5) is 0. The van der Waals surface area contributed by atoms with Gasteiger partial charge in [0.2, 0.25) is 0 Å². The number of benzene rings is 1. The molecule has 0 fully saturated rings. The van der Waals surface area contributed by atoms with Crippen LogP contribution in [0.3, 0.4) is 0 Å². The van der Waals surface area contributed by atoms with Crippen molar-refractivity contribution < 1.29 is 5.11 Å². The summed E-state index contributed by atoms with van der Waals surface area (Å²) in [6.45, 7) is 8.47. The van der Waals surface area contributed by atoms with Crippen LogP contribution in [-0.2, 0) is 0 Å². The highest BCUT2D eigenvalue weighted by molar-refractivity contribution is 9.11. The first kappa shape index (κ1) is 12.3. The highest BCUT2D eigenvalue weighted by Crippen LogP contribution is 2.24. The average molecular weight is 270 g/mol. The lowest BCUT2D eigenvalue weighted by molar-refractivity contribution is 0.455. The maximum absolute atomic E-state index is 9.70. The van der Waals surface area contributed by atoms with Crippen LogP contribution in [0.1, 0.15) is 24.1 Å². The van der Waals surface area contributed by atoms with Gasteiger partial charge in [0.05, 0.1) is 0 Å². The summed E-state index contributed by atoms with van der Waals surface area (Å²) in [6.07, 6.45) is 0. The molecule has 82 valence electrons. The lowest BCUT2D eigenvalue weighted by Crippen LogP contribution is -2.19. The van der Waals surface area contributed by atoms with Crippen molar-refractivity contribution in [2.75, 3.05) is 6.54 Å². The van der Waals surface area contributed by atoms with Crippen LogP contribution in [0.4, 0.5) is 0 Å². The molecule has 0 radical (unpaired) electrons. The fraction of sp³-hybridized carbons (Fsp3) is 0.333. The fourth-order valence-electron chi connectivity index (χ4n) is 1.39. The van der Waals surface area contributed by atoms with Crippen LogP contribution >= 0.6 is 15.9 Å². The van der Waals surface area contributed by atoms with Crippen molar-refractivity contribution in [2.45, 2.75) is 19.9 Å². The number of aryl methyl sites for hydroxylation is 1. The minimum Gasteiger partial charge on any atom is -0.508 e. The maximum Gasteiger partial charge on any atom is 0.120 e. The highest BCUT2D eigenvalue weighted by atomic mass is 79.9. The first-order chi connectivity index (χ1) is 7.00. The minimum absolute atomic E-state index is 0.110. The number of rotatable bonds is 4. The second kappa shape index (κ2) is 5.33. The molecule has 0 aliphatic carbocycles. The smallest absolute Gasteiger partial charge is 0.120 e. The van der Waals surface area contributed by atoms with E-state index >= 15 is 0 Å². The normalized spacial score (nSPS) is 12.5. The van der Waals surface area contributed by atoms with E-state index in [0.717, 1.165) is 15.6 Å². The van der Waals surface area contributed by atoms with Crippen LogP contribution in [-0.4, -0.2) is 11.7 Å². The Labute approximate surface area is 99.1 Å². The maximum atomic E-state index is 9.70. The molecule has 15 heavy (non-hydrogen) atoms. The third-order valence-corrected chi connectivity index (χ3v) is 2.53. The standard InChI is InChI=1S/C12H16BrNO/c1-8-4-5-12(15)11(6-8)10(3)14-7-9(2)13/h4-6,10,14-15H,2,7H2,1,3H3. The molecule has 0 aliphatic heterocycles. The number of halogens is 1. The van der Waals surface area contributed by atoms with E-state index in [1.807, 2.05) is 26.0 Å². The van der Waals surface area contributed by atoms with Crippen molar-refractivity contribution in [3.05, 3.63) is 40.4 Å². The summed E-state index contributed by atoms with van der Waals surface area (Å²) in [5.41, 5.74) is 2.07. The van der Waals surface area contributed by atoms with Gasteiger partial charge in [0, 0.05) is 22.6 Å². The van der Waals surface area contributed by atoms with Gasteiger partial charge in [0.25, 0.3) is 0 Å². The first-order valence-electron chi connectivity index (χ1n) is 4.87. The Balaban J connectivity index is 2.76. The van der Waals surface area contributed by atoms with Gasteiger partial charge in [-0.25, -0.2) is 0 Å². The largest absolute Gasteiger partial charge is 0.508 e. The van der Waals surface area contributed by atoms with E-state index in [-0.39, 0.29) is 6.04 Å². The van der Waals surface area contributed by atoms with Gasteiger partial charge in [-0.05, 0) is 19.9 Å². The molecule has 0 spiro atoms. The second-order valence-electron chi connectivity index (χ2n) is 3.68. The molecular weight excluding hydrogens is 254 g/mol. The predicted molar refractivity (Wildman–Crippen MR) is 67.3 cm³/mol. The van der Waals surface area contributed by atoms with Crippen LogP contribution in [0, 0.1) is 6.92 Å². The molecule has 1 atom stereocenters. The lowest BCUT2D eigenvalue weighted by atomic mass is 10.0. The van der Waals surface area contributed by atoms with E-state index in [2.05, 4.69) is 27.8 Å². The Morgan fingerprint density at radius 3 is 2.87 bits per heavy atom. The minimum atomic E-state index is 0.110. The number of phenols is 1. The van der Waals surface area contributed by atoms with Crippen molar-refractivity contribution in [3.63, 3.8) is 0 Å². The van der Waals surface area contributed by atoms with E-state index < -0.39 is 0 Å². The summed E-state index contributed by atoms with van der Waals surface area (Å²) in [6, 6.07) is 5.73. The van der Waals surface area contributed by atoms with Crippen molar-refractivity contribution in [2.24, 2.45) is 0 Å². The van der Waals surface area contributed by atoms with Gasteiger partial charge in [0.1, 0.15) is 5.75 Å². The monoisotopic (exact) mass is 269 g/mol. The topological polar surface area (TPSA) is 32.3 Å². The van der Waals surface area contributed by atoms with Crippen LogP contribution in [0.25, 0.3) is 0 Å². The van der Waals surface area contributed by atoms with Gasteiger partial charge in [-0.2, -0.15) is 0 Å². The summed E-state index contributed by atoms with van der Waals surface area (Å²) < 4.78 is 0.904. The molecule has 3 heteroatoms. The Kier molecular flexibility index (Phi) is 4.36. The zero-order chi connectivity index (χ0) is 11.4. The van der Waals surface area contributed by atoms with E-state index in [4.69, 9.17) is 0 Å². The number of nitrogens with one attached hydrogen (secondary N) is 1. The quantitative estimate of drug-likeness (QED) is 0.880. The lowest BCUT2D eigenvalue weighted by Gasteiger charge is -2.15. The van der Waals surface area contributed by atoms with E-state index in [9.17, 15) is 5.11 Å². The zero-order valence-corrected chi connectivity index (χ0v) is 10.6. The molecule has 1 aromatic rings. The number of phenolic OH excluding ortho intramolecular Hbond substituents is 1. The summed E-state index contributed by atoms with van der Waals surface area (Å²) >= 11 is 3.29. The molecule has 1 rings (SSSR count). The van der Waals surface area contributed by atoms with Crippen LogP contribution in [0.2, 0.25) is 0 Å². The molecule has 0 heterocycles. The molecule has 1 aromatic carbocycles. The van der Waals surface area contributed by atoms with Crippen LogP contribution in [0.5, 0.6) is 5.75 Å². The summed E-state index contributed by atoms with van der Waals surface area (Å²) in [7, 11) is 0. The average Bonchev–Trinajstić information content (AvgIpc) is 2.18. The molecule has 2 N–H and O–H groups in total. The summed E-state index contributed by atoms with van der Waals surface area (Å²) in [5, 5.41) is 13.0. The van der Waals surface area contributed by atoms with Gasteiger partial charge >= 0.3 is 0 Å². The third kappa shape index (κ3) is 3.68. The van der Waals surface area contributed by atoms with Gasteiger partial charge in [-0.3, -0.25) is 0 Å². The van der Waals surface area contributed by atoms with Gasteiger partial charge in [-0.1, -0.05) is 40.2 Å². The number of hydrogen-bond donors (Lipinski definition) is 2. The molecule has 0 aromatic heterocycles. The third-order valence-electron chi connectivity index (χ3n) is 2.25. The molecular formula is C12H16BrNO. The number of hydrogen-bond acceptors (Lipinski definition) is 2. The highest BCUT2D eigenvalue weighted by Gasteiger charge is 2.09. The van der Waals surface area contributed by atoms with E-state index in [1.54, 1.807) is 6.07 Å². The Morgan fingerprint density at radius 2 is 2.27 bits per heavy atom. The molecule has 1 unspecified atom stereocenters. The van der Waals surface area contributed by atoms with Gasteiger partial charge in [-0.15, -0.1) is 0 Å². The van der Waals surface area contributed by atoms with Crippen molar-refractivity contribution in [3.8, 4) is 5.75 Å². The molecule has 0 aliphatic rings. The van der Waals surface area contributed by atoms with Gasteiger partial charge < -0.3 is 10.4 Å². The van der Waals surface area contributed by atoms with E-state index in [1.165, 1.54) is 0 Å². The number of aromatic hydroxyl groups is 1. The molecule has 0 saturated heterocycles. The van der Waals surface area contributed by atoms with E-state index in [0.29, 0.717) is 12.3 Å². The molecule has 0 amide bonds. The van der Waals surface area contributed by atoms with Crippen molar-refractivity contribution >= 4 is 15.9 Å². The Morgan fingerprint density at radius 1 is 1.60 bits per heavy atom. The zero-order valence-electron chi connectivity index (χ0n) is 9.05. The molecule has 2 nitrogen and oxygen atoms in total. The Bertz CT molecular complexity index is 363. The fourth-order valence-corrected chi connectivity index (χ4v) is 1.56. The second-order valence-corrected chi connectivity index (χ2v) is 4.80. The van der Waals surface area contributed by atoms with Crippen LogP contribution in [0.15, 0.2) is 29.3 Å². The van der Waals surface area contributed by atoms with Gasteiger partial charge in [0.15, 0.2) is 0 Å². The first-order valence-corrected chi connectivity index (χ1v) is 5.66. The van der Waals surface area contributed by atoms with Crippen LogP contribution < -0.4 is 5.32 Å². The molecule has 0 bridgehead atoms. The van der Waals surface area contributed by atoms with Crippen molar-refractivity contribution in [1.82, 2.24) is 5.32 Å². The predicted octanol–water partition coefficient (Wildman–Crippen LogP) is 3.26. The SMILES string of the molecule is C=C(Br)CNC(C)c1cc(C)ccc1O. The Hall–Kier alpha value is -0.800.